The summed E-state index contributed by atoms with van der Waals surface area (Å²) >= 11 is 0. The van der Waals surface area contributed by atoms with Crippen LogP contribution in [0.2, 0.25) is 0 Å². The van der Waals surface area contributed by atoms with E-state index in [0.29, 0.717) is 0 Å². The van der Waals surface area contributed by atoms with Crippen LogP contribution in [0.1, 0.15) is 39.0 Å². The van der Waals surface area contributed by atoms with Crippen molar-refractivity contribution < 1.29 is 4.79 Å². The van der Waals surface area contributed by atoms with Crippen molar-refractivity contribution in [3.63, 3.8) is 0 Å². The molecule has 2 N–H and O–H groups in total. The van der Waals surface area contributed by atoms with Gasteiger partial charge in [0.25, 0.3) is 0 Å². The minimum Gasteiger partial charge on any atom is -0.314 e. The highest BCUT2D eigenvalue weighted by Crippen LogP contribution is 2.13. The van der Waals surface area contributed by atoms with Crippen molar-refractivity contribution in [1.82, 2.24) is 10.6 Å². The molecule has 92 valence electrons. The fourth-order valence-corrected chi connectivity index (χ4v) is 1.56. The Kier molecular flexibility index (Phi) is 8.78. The number of hydrogen-bond donors (Lipinski definition) is 2. The molecule has 0 saturated carbocycles. The second kappa shape index (κ2) is 9.32. The summed E-state index contributed by atoms with van der Waals surface area (Å²) in [6.45, 7) is 3.90. The van der Waals surface area contributed by atoms with Crippen molar-refractivity contribution in [2.45, 2.75) is 44.6 Å². The topological polar surface area (TPSA) is 64.9 Å². The molecule has 1 unspecified atom stereocenters. The second-order valence-electron chi connectivity index (χ2n) is 4.03. The quantitative estimate of drug-likeness (QED) is 0.558. The molecule has 0 aromatic rings. The van der Waals surface area contributed by atoms with Crippen LogP contribution in [0.5, 0.6) is 0 Å². The minimum atomic E-state index is -0.293. The number of hydrogen-bond acceptors (Lipinski definition) is 4. The van der Waals surface area contributed by atoms with Crippen LogP contribution in [0.4, 0.5) is 0 Å². The standard InChI is InChI=1S/C7H13N3.C5H10O/c1-9-7(5-8)3-2-4-10-6-7;1-2-3-4-5-6/h9-10H,2-4,6H2,1H3;5H,2-4H2,1H3. The third-order valence-electron chi connectivity index (χ3n) is 2.75. The Hall–Kier alpha value is -0.920. The van der Waals surface area contributed by atoms with Gasteiger partial charge in [0.1, 0.15) is 11.8 Å². The van der Waals surface area contributed by atoms with Crippen LogP contribution in [0.15, 0.2) is 0 Å². The summed E-state index contributed by atoms with van der Waals surface area (Å²) in [4.78, 5) is 9.56. The van der Waals surface area contributed by atoms with Gasteiger partial charge in [-0.1, -0.05) is 13.3 Å². The lowest BCUT2D eigenvalue weighted by Gasteiger charge is -2.30. The first-order valence-electron chi connectivity index (χ1n) is 5.99. The van der Waals surface area contributed by atoms with Crippen molar-refractivity contribution in [2.24, 2.45) is 0 Å². The van der Waals surface area contributed by atoms with Crippen molar-refractivity contribution in [2.75, 3.05) is 20.1 Å². The van der Waals surface area contributed by atoms with Gasteiger partial charge in [0, 0.05) is 13.0 Å². The highest BCUT2D eigenvalue weighted by Gasteiger charge is 2.29. The first-order chi connectivity index (χ1) is 7.74. The van der Waals surface area contributed by atoms with Crippen LogP contribution in [0.3, 0.4) is 0 Å². The summed E-state index contributed by atoms with van der Waals surface area (Å²) in [5.74, 6) is 0. The molecule has 0 aromatic carbocycles. The Morgan fingerprint density at radius 3 is 2.62 bits per heavy atom. The zero-order valence-electron chi connectivity index (χ0n) is 10.4. The average Bonchev–Trinajstić information content (AvgIpc) is 2.38. The van der Waals surface area contributed by atoms with E-state index in [9.17, 15) is 4.79 Å². The van der Waals surface area contributed by atoms with Gasteiger partial charge in [-0.05, 0) is 32.9 Å². The molecule has 0 radical (unpaired) electrons. The number of nitrogens with zero attached hydrogens (tertiary/aromatic N) is 1. The number of rotatable bonds is 4. The van der Waals surface area contributed by atoms with Gasteiger partial charge in [-0.25, -0.2) is 0 Å². The molecule has 0 spiro atoms. The molecule has 16 heavy (non-hydrogen) atoms. The van der Waals surface area contributed by atoms with Crippen LogP contribution < -0.4 is 10.6 Å². The number of carbonyl (C=O) groups is 1. The lowest BCUT2D eigenvalue weighted by atomic mass is 9.92. The fraction of sp³-hybridized carbons (Fsp3) is 0.833. The van der Waals surface area contributed by atoms with Gasteiger partial charge >= 0.3 is 0 Å². The molecular weight excluding hydrogens is 202 g/mol. The van der Waals surface area contributed by atoms with Gasteiger partial charge in [0.2, 0.25) is 0 Å². The van der Waals surface area contributed by atoms with Gasteiger partial charge in [0.15, 0.2) is 0 Å². The molecule has 0 aliphatic carbocycles. The van der Waals surface area contributed by atoms with Crippen LogP contribution in [-0.4, -0.2) is 32.0 Å². The number of unbranched alkanes of at least 4 members (excludes halogenated alkanes) is 2. The molecule has 0 amide bonds. The largest absolute Gasteiger partial charge is 0.314 e. The zero-order valence-corrected chi connectivity index (χ0v) is 10.4. The van der Waals surface area contributed by atoms with E-state index in [1.165, 1.54) is 0 Å². The van der Waals surface area contributed by atoms with E-state index in [2.05, 4.69) is 23.6 Å². The summed E-state index contributed by atoms with van der Waals surface area (Å²) in [6, 6.07) is 2.29. The van der Waals surface area contributed by atoms with Crippen molar-refractivity contribution in [1.29, 1.82) is 5.26 Å². The van der Waals surface area contributed by atoms with Gasteiger partial charge in [-0.2, -0.15) is 5.26 Å². The van der Waals surface area contributed by atoms with E-state index in [1.807, 2.05) is 7.05 Å². The molecule has 1 aliphatic rings. The van der Waals surface area contributed by atoms with Crippen molar-refractivity contribution in [3.8, 4) is 6.07 Å². The molecule has 1 aliphatic heterocycles. The summed E-state index contributed by atoms with van der Waals surface area (Å²) in [5, 5.41) is 15.0. The number of carbonyl (C=O) groups excluding carboxylic acids is 1. The van der Waals surface area contributed by atoms with Crippen LogP contribution in [0, 0.1) is 11.3 Å². The van der Waals surface area contributed by atoms with E-state index in [4.69, 9.17) is 5.26 Å². The summed E-state index contributed by atoms with van der Waals surface area (Å²) < 4.78 is 0. The summed E-state index contributed by atoms with van der Waals surface area (Å²) in [7, 11) is 1.84. The Balaban J connectivity index is 0.000000325. The molecule has 0 aromatic heterocycles. The highest BCUT2D eigenvalue weighted by atomic mass is 16.1. The maximum absolute atomic E-state index is 9.56. The maximum Gasteiger partial charge on any atom is 0.119 e. The van der Waals surface area contributed by atoms with Gasteiger partial charge in [-0.15, -0.1) is 0 Å². The first-order valence-corrected chi connectivity index (χ1v) is 5.99. The number of piperidine rings is 1. The van der Waals surface area contributed by atoms with Crippen LogP contribution in [0.25, 0.3) is 0 Å². The van der Waals surface area contributed by atoms with E-state index in [0.717, 1.165) is 51.5 Å². The van der Waals surface area contributed by atoms with Gasteiger partial charge < -0.3 is 15.4 Å². The molecule has 0 bridgehead atoms. The van der Waals surface area contributed by atoms with E-state index >= 15 is 0 Å². The highest BCUT2D eigenvalue weighted by molar-refractivity contribution is 5.48. The molecule has 1 atom stereocenters. The number of aldehydes is 1. The lowest BCUT2D eigenvalue weighted by molar-refractivity contribution is -0.107. The van der Waals surface area contributed by atoms with E-state index in [1.54, 1.807) is 0 Å². The molecule has 1 heterocycles. The average molecular weight is 225 g/mol. The number of nitriles is 1. The Bertz CT molecular complexity index is 217. The molecule has 4 nitrogen and oxygen atoms in total. The van der Waals surface area contributed by atoms with Crippen LogP contribution >= 0.6 is 0 Å². The van der Waals surface area contributed by atoms with Crippen molar-refractivity contribution in [3.05, 3.63) is 0 Å². The molecular formula is C12H23N3O. The molecule has 1 fully saturated rings. The second-order valence-corrected chi connectivity index (χ2v) is 4.03. The van der Waals surface area contributed by atoms with Gasteiger partial charge in [-0.3, -0.25) is 0 Å². The Morgan fingerprint density at radius 1 is 1.62 bits per heavy atom. The summed E-state index contributed by atoms with van der Waals surface area (Å²) in [5.41, 5.74) is -0.293. The van der Waals surface area contributed by atoms with Crippen molar-refractivity contribution >= 4 is 6.29 Å². The third kappa shape index (κ3) is 5.84. The smallest absolute Gasteiger partial charge is 0.119 e. The predicted octanol–water partition coefficient (Wildman–Crippen LogP) is 1.23. The first kappa shape index (κ1) is 15.1. The Morgan fingerprint density at radius 2 is 2.38 bits per heavy atom. The van der Waals surface area contributed by atoms with E-state index < -0.39 is 0 Å². The summed E-state index contributed by atoms with van der Waals surface area (Å²) in [6.07, 6.45) is 5.92. The molecule has 1 saturated heterocycles. The fourth-order valence-electron chi connectivity index (χ4n) is 1.56. The monoisotopic (exact) mass is 225 g/mol. The predicted molar refractivity (Wildman–Crippen MR) is 65.1 cm³/mol. The Labute approximate surface area is 98.4 Å². The van der Waals surface area contributed by atoms with Crippen LogP contribution in [-0.2, 0) is 4.79 Å². The number of nitrogens with one attached hydrogen (secondary N) is 2. The zero-order chi connectivity index (χ0) is 12.3. The molecule has 1 rings (SSSR count). The van der Waals surface area contributed by atoms with Gasteiger partial charge in [0.05, 0.1) is 6.07 Å². The lowest BCUT2D eigenvalue weighted by Crippen LogP contribution is -2.53. The van der Waals surface area contributed by atoms with E-state index in [-0.39, 0.29) is 5.54 Å². The minimum absolute atomic E-state index is 0.293. The molecule has 4 heteroatoms. The maximum atomic E-state index is 9.56. The SMILES string of the molecule is CCCCC=O.CNC1(C#N)CCCNC1. The third-order valence-corrected chi connectivity index (χ3v) is 2.75. The normalized spacial score (nSPS) is 23.8. The number of likely N-dealkylation sites (N-methyl/N-ethyl adjacent to an activating group) is 1.